The summed E-state index contributed by atoms with van der Waals surface area (Å²) in [4.78, 5) is 15.9. The van der Waals surface area contributed by atoms with Gasteiger partial charge in [-0.1, -0.05) is 29.8 Å². The first-order valence-electron chi connectivity index (χ1n) is 8.45. The van der Waals surface area contributed by atoms with Crippen molar-refractivity contribution >= 4 is 23.7 Å². The Kier molecular flexibility index (Phi) is 6.59. The summed E-state index contributed by atoms with van der Waals surface area (Å²) in [6.07, 6.45) is 4.60. The standard InChI is InChI=1S/C21H18ClN3O3/c1-27-19-4-2-3-17(13-24-25-21(26)16-9-11-23-12-10-16)20(19)28-14-15-5-7-18(22)8-6-15/h2-13H,14H2,1H3,(H,25,26)/b24-13+. The molecular formula is C21H18ClN3O3. The number of hydrazone groups is 1. The van der Waals surface area contributed by atoms with Crippen molar-refractivity contribution in [3.05, 3.63) is 88.7 Å². The van der Waals surface area contributed by atoms with Gasteiger partial charge in [-0.15, -0.1) is 0 Å². The highest BCUT2D eigenvalue weighted by Crippen LogP contribution is 2.31. The zero-order valence-corrected chi connectivity index (χ0v) is 15.9. The highest BCUT2D eigenvalue weighted by atomic mass is 35.5. The smallest absolute Gasteiger partial charge is 0.271 e. The quantitative estimate of drug-likeness (QED) is 0.483. The first-order chi connectivity index (χ1) is 13.7. The minimum absolute atomic E-state index is 0.329. The number of nitrogens with one attached hydrogen (secondary N) is 1. The van der Waals surface area contributed by atoms with Crippen molar-refractivity contribution in [3.63, 3.8) is 0 Å². The lowest BCUT2D eigenvalue weighted by Gasteiger charge is -2.13. The largest absolute Gasteiger partial charge is 0.493 e. The van der Waals surface area contributed by atoms with E-state index in [1.54, 1.807) is 49.8 Å². The summed E-state index contributed by atoms with van der Waals surface area (Å²) in [5.41, 5.74) is 4.59. The third-order valence-electron chi connectivity index (χ3n) is 3.84. The molecule has 7 heteroatoms. The number of para-hydroxylation sites is 1. The zero-order valence-electron chi connectivity index (χ0n) is 15.1. The molecule has 142 valence electrons. The van der Waals surface area contributed by atoms with E-state index in [0.29, 0.717) is 34.3 Å². The molecule has 28 heavy (non-hydrogen) atoms. The Morgan fingerprint density at radius 2 is 1.89 bits per heavy atom. The molecule has 0 aliphatic carbocycles. The third-order valence-corrected chi connectivity index (χ3v) is 4.09. The van der Waals surface area contributed by atoms with Gasteiger partial charge in [-0.05, 0) is 42.0 Å². The number of carbonyl (C=O) groups excluding carboxylic acids is 1. The van der Waals surface area contributed by atoms with Gasteiger partial charge < -0.3 is 9.47 Å². The van der Waals surface area contributed by atoms with Gasteiger partial charge in [-0.25, -0.2) is 5.43 Å². The van der Waals surface area contributed by atoms with Gasteiger partial charge in [0.05, 0.1) is 13.3 Å². The second-order valence-electron chi connectivity index (χ2n) is 5.73. The van der Waals surface area contributed by atoms with Crippen LogP contribution in [0.15, 0.2) is 72.1 Å². The second-order valence-corrected chi connectivity index (χ2v) is 6.17. The maximum Gasteiger partial charge on any atom is 0.271 e. The fourth-order valence-corrected chi connectivity index (χ4v) is 2.54. The van der Waals surface area contributed by atoms with E-state index in [9.17, 15) is 4.79 Å². The minimum atomic E-state index is -0.329. The van der Waals surface area contributed by atoms with Crippen molar-refractivity contribution in [2.45, 2.75) is 6.61 Å². The summed E-state index contributed by atoms with van der Waals surface area (Å²) in [7, 11) is 1.57. The molecule has 2 aromatic carbocycles. The number of halogens is 1. The van der Waals surface area contributed by atoms with Gasteiger partial charge in [-0.2, -0.15) is 5.10 Å². The van der Waals surface area contributed by atoms with Crippen molar-refractivity contribution in [2.75, 3.05) is 7.11 Å². The maximum absolute atomic E-state index is 12.1. The number of nitrogens with zero attached hydrogens (tertiary/aromatic N) is 2. The van der Waals surface area contributed by atoms with Crippen LogP contribution in [0.25, 0.3) is 0 Å². The highest BCUT2D eigenvalue weighted by molar-refractivity contribution is 6.30. The molecule has 3 aromatic rings. The number of amides is 1. The molecule has 0 spiro atoms. The molecule has 1 aromatic heterocycles. The molecule has 0 atom stereocenters. The Morgan fingerprint density at radius 3 is 2.61 bits per heavy atom. The molecule has 0 radical (unpaired) electrons. The molecule has 6 nitrogen and oxygen atoms in total. The Bertz CT molecular complexity index is 960. The molecule has 0 saturated carbocycles. The monoisotopic (exact) mass is 395 g/mol. The average Bonchev–Trinajstić information content (AvgIpc) is 2.74. The topological polar surface area (TPSA) is 72.8 Å². The predicted octanol–water partition coefficient (Wildman–Crippen LogP) is 4.09. The Balaban J connectivity index is 1.73. The van der Waals surface area contributed by atoms with Crippen molar-refractivity contribution in [1.82, 2.24) is 10.4 Å². The predicted molar refractivity (Wildman–Crippen MR) is 108 cm³/mol. The summed E-state index contributed by atoms with van der Waals surface area (Å²) in [5, 5.41) is 4.69. The van der Waals surface area contributed by atoms with Crippen LogP contribution in [0.1, 0.15) is 21.5 Å². The van der Waals surface area contributed by atoms with Crippen LogP contribution in [-0.4, -0.2) is 24.2 Å². The number of carbonyl (C=O) groups is 1. The normalized spacial score (nSPS) is 10.6. The van der Waals surface area contributed by atoms with E-state index in [-0.39, 0.29) is 5.91 Å². The Hall–Kier alpha value is -3.38. The Labute approximate surface area is 167 Å². The number of rotatable bonds is 7. The van der Waals surface area contributed by atoms with Crippen LogP contribution in [0, 0.1) is 0 Å². The number of hydrogen-bond donors (Lipinski definition) is 1. The van der Waals surface area contributed by atoms with E-state index >= 15 is 0 Å². The molecule has 1 N–H and O–H groups in total. The summed E-state index contributed by atoms with van der Waals surface area (Å²) < 4.78 is 11.3. The van der Waals surface area contributed by atoms with E-state index in [1.807, 2.05) is 24.3 Å². The van der Waals surface area contributed by atoms with Crippen LogP contribution < -0.4 is 14.9 Å². The molecule has 0 aliphatic rings. The summed E-state index contributed by atoms with van der Waals surface area (Å²) in [6.45, 7) is 0.335. The molecule has 0 fully saturated rings. The van der Waals surface area contributed by atoms with Crippen molar-refractivity contribution in [3.8, 4) is 11.5 Å². The lowest BCUT2D eigenvalue weighted by Crippen LogP contribution is -2.17. The summed E-state index contributed by atoms with van der Waals surface area (Å²) >= 11 is 5.91. The number of aromatic nitrogens is 1. The first-order valence-corrected chi connectivity index (χ1v) is 8.83. The van der Waals surface area contributed by atoms with E-state index in [1.165, 1.54) is 6.21 Å². The molecule has 0 aliphatic heterocycles. The molecular weight excluding hydrogens is 378 g/mol. The SMILES string of the molecule is COc1cccc(/C=N/NC(=O)c2ccncc2)c1OCc1ccc(Cl)cc1. The molecule has 0 saturated heterocycles. The highest BCUT2D eigenvalue weighted by Gasteiger charge is 2.10. The molecule has 0 unspecified atom stereocenters. The lowest BCUT2D eigenvalue weighted by molar-refractivity contribution is 0.0955. The van der Waals surface area contributed by atoms with E-state index in [2.05, 4.69) is 15.5 Å². The van der Waals surface area contributed by atoms with Gasteiger partial charge >= 0.3 is 0 Å². The minimum Gasteiger partial charge on any atom is -0.493 e. The molecule has 0 bridgehead atoms. The van der Waals surface area contributed by atoms with E-state index < -0.39 is 0 Å². The van der Waals surface area contributed by atoms with Crippen molar-refractivity contribution in [2.24, 2.45) is 5.10 Å². The van der Waals surface area contributed by atoms with E-state index in [4.69, 9.17) is 21.1 Å². The third kappa shape index (κ3) is 5.08. The first kappa shape index (κ1) is 19.4. The van der Waals surface area contributed by atoms with Gasteiger partial charge in [-0.3, -0.25) is 9.78 Å². The van der Waals surface area contributed by atoms with Crippen LogP contribution >= 0.6 is 11.6 Å². The van der Waals surface area contributed by atoms with Crippen LogP contribution in [0.3, 0.4) is 0 Å². The molecule has 1 amide bonds. The van der Waals surface area contributed by atoms with Crippen LogP contribution in [-0.2, 0) is 6.61 Å². The number of pyridine rings is 1. The zero-order chi connectivity index (χ0) is 19.8. The van der Waals surface area contributed by atoms with Crippen molar-refractivity contribution < 1.29 is 14.3 Å². The van der Waals surface area contributed by atoms with Crippen LogP contribution in [0.2, 0.25) is 5.02 Å². The number of hydrogen-bond acceptors (Lipinski definition) is 5. The van der Waals surface area contributed by atoms with Crippen LogP contribution in [0.4, 0.5) is 0 Å². The second kappa shape index (κ2) is 9.53. The fourth-order valence-electron chi connectivity index (χ4n) is 2.41. The van der Waals surface area contributed by atoms with Gasteiger partial charge in [0, 0.05) is 28.5 Å². The van der Waals surface area contributed by atoms with Gasteiger partial charge in [0.1, 0.15) is 6.61 Å². The number of methoxy groups -OCH3 is 1. The van der Waals surface area contributed by atoms with E-state index in [0.717, 1.165) is 5.56 Å². The molecule has 3 rings (SSSR count). The average molecular weight is 396 g/mol. The fraction of sp³-hybridized carbons (Fsp3) is 0.0952. The lowest BCUT2D eigenvalue weighted by atomic mass is 10.2. The van der Waals surface area contributed by atoms with Crippen molar-refractivity contribution in [1.29, 1.82) is 0 Å². The van der Waals surface area contributed by atoms with Gasteiger partial charge in [0.2, 0.25) is 0 Å². The maximum atomic E-state index is 12.1. The van der Waals surface area contributed by atoms with Gasteiger partial charge in [0.15, 0.2) is 11.5 Å². The summed E-state index contributed by atoms with van der Waals surface area (Å²) in [6, 6.07) is 16.0. The van der Waals surface area contributed by atoms with Crippen LogP contribution in [0.5, 0.6) is 11.5 Å². The number of ether oxygens (including phenoxy) is 2. The summed E-state index contributed by atoms with van der Waals surface area (Å²) in [5.74, 6) is 0.769. The van der Waals surface area contributed by atoms with Gasteiger partial charge in [0.25, 0.3) is 5.91 Å². The number of benzene rings is 2. The molecule has 1 heterocycles. The Morgan fingerprint density at radius 1 is 1.14 bits per heavy atom.